The molecule has 10 heteroatoms. The number of ether oxygens (including phenoxy) is 3. The molecule has 0 aliphatic carbocycles. The van der Waals surface area contributed by atoms with Crippen LogP contribution >= 0.6 is 0 Å². The van der Waals surface area contributed by atoms with Crippen LogP contribution in [0.1, 0.15) is 33.6 Å². The zero-order valence-corrected chi connectivity index (χ0v) is 17.4. The molecule has 2 heterocycles. The van der Waals surface area contributed by atoms with Crippen LogP contribution in [0, 0.1) is 34.5 Å². The molecule has 0 spiro atoms. The van der Waals surface area contributed by atoms with Crippen molar-refractivity contribution in [2.24, 2.45) is 11.8 Å². The van der Waals surface area contributed by atoms with Gasteiger partial charge in [-0.25, -0.2) is 9.59 Å². The first-order valence-corrected chi connectivity index (χ1v) is 9.24. The maximum Gasteiger partial charge on any atom is 0.411 e. The molecule has 4 atom stereocenters. The van der Waals surface area contributed by atoms with Gasteiger partial charge in [-0.3, -0.25) is 9.69 Å². The van der Waals surface area contributed by atoms with E-state index >= 15 is 0 Å². The van der Waals surface area contributed by atoms with Crippen LogP contribution in [-0.4, -0.2) is 67.9 Å². The predicted octanol–water partition coefficient (Wildman–Crippen LogP) is 0.970. The maximum absolute atomic E-state index is 11.9. The minimum absolute atomic E-state index is 0.0425. The Kier molecular flexibility index (Phi) is 8.86. The average molecular weight is 408 g/mol. The van der Waals surface area contributed by atoms with Crippen LogP contribution in [0.15, 0.2) is 0 Å². The Labute approximate surface area is 170 Å². The van der Waals surface area contributed by atoms with Gasteiger partial charge in [0.1, 0.15) is 17.7 Å². The van der Waals surface area contributed by atoms with Gasteiger partial charge in [0.2, 0.25) is 0 Å². The molecule has 1 amide bonds. The van der Waals surface area contributed by atoms with E-state index in [4.69, 9.17) is 15.3 Å². The number of hydrogen-bond acceptors (Lipinski definition) is 9. The van der Waals surface area contributed by atoms with Crippen molar-refractivity contribution in [2.75, 3.05) is 27.3 Å². The third-order valence-corrected chi connectivity index (χ3v) is 4.38. The number of rotatable bonds is 2. The Morgan fingerprint density at radius 1 is 1.00 bits per heavy atom. The number of hydrogen-bond donors (Lipinski definition) is 1. The third-order valence-electron chi connectivity index (χ3n) is 4.38. The van der Waals surface area contributed by atoms with E-state index in [1.54, 1.807) is 20.8 Å². The van der Waals surface area contributed by atoms with Crippen LogP contribution in [0.5, 0.6) is 0 Å². The molecular formula is C19H28N4O6. The van der Waals surface area contributed by atoms with Gasteiger partial charge in [-0.2, -0.15) is 10.5 Å². The molecule has 0 aromatic rings. The monoisotopic (exact) mass is 408 g/mol. The van der Waals surface area contributed by atoms with Crippen LogP contribution in [0.25, 0.3) is 0 Å². The van der Waals surface area contributed by atoms with Crippen LogP contribution in [-0.2, 0) is 23.8 Å². The summed E-state index contributed by atoms with van der Waals surface area (Å²) >= 11 is 0. The lowest BCUT2D eigenvalue weighted by atomic mass is 10.1. The van der Waals surface area contributed by atoms with E-state index in [-0.39, 0.29) is 30.4 Å². The standard InChI is InChI=1S/C12H18N2O4.C7H10N2O2/c1-12(2,3)18-11(16)14-7-8(6-13)5-9(14)10(15)17-4;1-11-7(10)6-2-5(3-8)4-9-6/h8-9H,5,7H2,1-4H3;5-6,9H,2,4H2,1H3/t8-,9-;5-,6-/m00/s1. The van der Waals surface area contributed by atoms with Gasteiger partial charge in [-0.05, 0) is 33.6 Å². The number of esters is 2. The molecule has 2 aliphatic rings. The van der Waals surface area contributed by atoms with Crippen molar-refractivity contribution in [3.05, 3.63) is 0 Å². The van der Waals surface area contributed by atoms with Crippen molar-refractivity contribution in [1.82, 2.24) is 10.2 Å². The maximum atomic E-state index is 11.9. The molecule has 1 N–H and O–H groups in total. The van der Waals surface area contributed by atoms with E-state index in [2.05, 4.69) is 26.9 Å². The van der Waals surface area contributed by atoms with Gasteiger partial charge >= 0.3 is 18.0 Å². The van der Waals surface area contributed by atoms with Crippen molar-refractivity contribution in [3.8, 4) is 12.1 Å². The Hall–Kier alpha value is -2.85. The molecular weight excluding hydrogens is 380 g/mol. The fraction of sp³-hybridized carbons (Fsp3) is 0.737. The average Bonchev–Trinajstić information content (AvgIpc) is 3.32. The van der Waals surface area contributed by atoms with Crippen LogP contribution in [0.2, 0.25) is 0 Å². The number of likely N-dealkylation sites (tertiary alicyclic amines) is 1. The Morgan fingerprint density at radius 2 is 1.59 bits per heavy atom. The lowest BCUT2D eigenvalue weighted by Crippen LogP contribution is -2.43. The van der Waals surface area contributed by atoms with Crippen LogP contribution in [0.3, 0.4) is 0 Å². The van der Waals surface area contributed by atoms with Crippen LogP contribution in [0.4, 0.5) is 4.79 Å². The van der Waals surface area contributed by atoms with Crippen LogP contribution < -0.4 is 5.32 Å². The molecule has 2 rings (SSSR count). The summed E-state index contributed by atoms with van der Waals surface area (Å²) in [6.07, 6.45) is 0.279. The number of methoxy groups -OCH3 is 2. The number of amides is 1. The SMILES string of the molecule is COC(=O)[C@@H]1C[C@@H](C#N)CN1.COC(=O)[C@@H]1C[C@@H](C#N)CN1C(=O)OC(C)(C)C. The first kappa shape index (κ1) is 24.2. The van der Waals surface area contributed by atoms with Gasteiger partial charge < -0.3 is 19.5 Å². The fourth-order valence-electron chi connectivity index (χ4n) is 2.97. The summed E-state index contributed by atoms with van der Waals surface area (Å²) in [6.45, 7) is 6.03. The Bertz CT molecular complexity index is 690. The number of carbonyl (C=O) groups excluding carboxylic acids is 3. The van der Waals surface area contributed by atoms with Gasteiger partial charge in [-0.1, -0.05) is 0 Å². The van der Waals surface area contributed by atoms with E-state index in [9.17, 15) is 14.4 Å². The van der Waals surface area contributed by atoms with Gasteiger partial charge in [0.15, 0.2) is 0 Å². The largest absolute Gasteiger partial charge is 0.468 e. The van der Waals surface area contributed by atoms with Crippen molar-refractivity contribution in [3.63, 3.8) is 0 Å². The molecule has 2 fully saturated rings. The Balaban J connectivity index is 0.000000326. The number of nitrogens with one attached hydrogen (secondary N) is 1. The van der Waals surface area contributed by atoms with Crippen molar-refractivity contribution in [2.45, 2.75) is 51.3 Å². The van der Waals surface area contributed by atoms with E-state index < -0.39 is 23.7 Å². The minimum atomic E-state index is -0.727. The van der Waals surface area contributed by atoms with Gasteiger partial charge in [0.05, 0.1) is 38.2 Å². The second kappa shape index (κ2) is 10.6. The molecule has 2 saturated heterocycles. The Morgan fingerprint density at radius 3 is 2.03 bits per heavy atom. The van der Waals surface area contributed by atoms with Crippen molar-refractivity contribution in [1.29, 1.82) is 10.5 Å². The first-order chi connectivity index (χ1) is 13.6. The molecule has 0 radical (unpaired) electrons. The highest BCUT2D eigenvalue weighted by molar-refractivity contribution is 5.82. The number of carbonyl (C=O) groups is 3. The van der Waals surface area contributed by atoms with E-state index in [1.807, 2.05) is 0 Å². The minimum Gasteiger partial charge on any atom is -0.468 e. The summed E-state index contributed by atoms with van der Waals surface area (Å²) in [4.78, 5) is 35.7. The predicted molar refractivity (Wildman–Crippen MR) is 100.0 cm³/mol. The zero-order valence-electron chi connectivity index (χ0n) is 17.4. The molecule has 160 valence electrons. The molecule has 0 bridgehead atoms. The highest BCUT2D eigenvalue weighted by atomic mass is 16.6. The smallest absolute Gasteiger partial charge is 0.411 e. The number of nitriles is 2. The van der Waals surface area contributed by atoms with Gasteiger partial charge in [0.25, 0.3) is 0 Å². The summed E-state index contributed by atoms with van der Waals surface area (Å²) in [5, 5.41) is 20.3. The summed E-state index contributed by atoms with van der Waals surface area (Å²) < 4.78 is 14.4. The third kappa shape index (κ3) is 7.24. The molecule has 0 aromatic carbocycles. The van der Waals surface area contributed by atoms with Gasteiger partial charge in [0, 0.05) is 13.1 Å². The molecule has 0 aromatic heterocycles. The van der Waals surface area contributed by atoms with Crippen molar-refractivity contribution >= 4 is 18.0 Å². The fourth-order valence-corrected chi connectivity index (χ4v) is 2.97. The first-order valence-electron chi connectivity index (χ1n) is 9.24. The molecule has 29 heavy (non-hydrogen) atoms. The summed E-state index contributed by atoms with van der Waals surface area (Å²) in [5.41, 5.74) is -0.636. The lowest BCUT2D eigenvalue weighted by Gasteiger charge is -2.27. The van der Waals surface area contributed by atoms with E-state index in [0.717, 1.165) is 0 Å². The molecule has 0 saturated carbocycles. The topological polar surface area (TPSA) is 142 Å². The van der Waals surface area contributed by atoms with E-state index in [0.29, 0.717) is 19.4 Å². The zero-order chi connectivity index (χ0) is 22.2. The second-order valence-electron chi connectivity index (χ2n) is 7.78. The molecule has 10 nitrogen and oxygen atoms in total. The number of nitrogens with zero attached hydrogens (tertiary/aromatic N) is 3. The summed E-state index contributed by atoms with van der Waals surface area (Å²) in [6, 6.07) is 3.17. The normalized spacial score (nSPS) is 25.7. The van der Waals surface area contributed by atoms with E-state index in [1.165, 1.54) is 19.1 Å². The van der Waals surface area contributed by atoms with Gasteiger partial charge in [-0.15, -0.1) is 0 Å². The van der Waals surface area contributed by atoms with Crippen molar-refractivity contribution < 1.29 is 28.6 Å². The second-order valence-corrected chi connectivity index (χ2v) is 7.78. The summed E-state index contributed by atoms with van der Waals surface area (Å²) in [7, 11) is 2.61. The molecule has 2 aliphatic heterocycles. The molecule has 0 unspecified atom stereocenters. The highest BCUT2D eigenvalue weighted by Crippen LogP contribution is 2.25. The lowest BCUT2D eigenvalue weighted by molar-refractivity contribution is -0.145. The summed E-state index contributed by atoms with van der Waals surface area (Å²) in [5.74, 6) is -1.19. The highest BCUT2D eigenvalue weighted by Gasteiger charge is 2.42. The quantitative estimate of drug-likeness (QED) is 0.522.